The molecule has 0 aliphatic carbocycles. The van der Waals surface area contributed by atoms with Gasteiger partial charge in [0, 0.05) is 5.69 Å². The lowest BCUT2D eigenvalue weighted by atomic mass is 10.3. The Morgan fingerprint density at radius 2 is 1.86 bits per heavy atom. The topological polar surface area (TPSA) is 75.7 Å². The Morgan fingerprint density at radius 3 is 2.36 bits per heavy atom. The van der Waals surface area contributed by atoms with Crippen LogP contribution in [0, 0.1) is 0 Å². The van der Waals surface area contributed by atoms with Crippen molar-refractivity contribution in [3.05, 3.63) is 24.3 Å². The molecule has 1 aromatic rings. The van der Waals surface area contributed by atoms with E-state index in [4.69, 9.17) is 20.9 Å². The molecule has 0 heterocycles. The summed E-state index contributed by atoms with van der Waals surface area (Å²) in [7, 11) is 1.26. The summed E-state index contributed by atoms with van der Waals surface area (Å²) in [5, 5.41) is 17.9. The van der Waals surface area contributed by atoms with Gasteiger partial charge in [0.2, 0.25) is 0 Å². The SMILES string of the molecule is C[N+](O)(O)CCOc1ccc(N)cc1. The maximum absolute atomic E-state index is 8.93. The van der Waals surface area contributed by atoms with Crippen LogP contribution in [0.25, 0.3) is 0 Å². The second-order valence-electron chi connectivity index (χ2n) is 3.23. The Bertz CT molecular complexity index is 279. The van der Waals surface area contributed by atoms with E-state index in [1.165, 1.54) is 7.05 Å². The number of nitrogens with two attached hydrogens (primary N) is 1. The molecule has 78 valence electrons. The minimum Gasteiger partial charge on any atom is -0.487 e. The van der Waals surface area contributed by atoms with Gasteiger partial charge in [-0.2, -0.15) is 10.4 Å². The summed E-state index contributed by atoms with van der Waals surface area (Å²) in [6, 6.07) is 6.91. The summed E-state index contributed by atoms with van der Waals surface area (Å²) in [6.45, 7) is 0.331. The quantitative estimate of drug-likeness (QED) is 0.382. The number of hydrogen-bond acceptors (Lipinski definition) is 4. The number of anilines is 1. The first kappa shape index (κ1) is 10.8. The molecule has 0 amide bonds. The van der Waals surface area contributed by atoms with Crippen molar-refractivity contribution in [2.45, 2.75) is 0 Å². The summed E-state index contributed by atoms with van der Waals surface area (Å²) in [6.07, 6.45) is 0. The third kappa shape index (κ3) is 4.08. The van der Waals surface area contributed by atoms with Crippen molar-refractivity contribution in [1.82, 2.24) is 0 Å². The Hall–Kier alpha value is -1.30. The number of likely N-dealkylation sites (N-methyl/N-ethyl adjacent to an activating group) is 1. The molecule has 0 aliphatic heterocycles. The zero-order valence-corrected chi connectivity index (χ0v) is 8.05. The van der Waals surface area contributed by atoms with Crippen molar-refractivity contribution in [2.24, 2.45) is 0 Å². The lowest BCUT2D eigenvalue weighted by Crippen LogP contribution is -2.39. The predicted molar refractivity (Wildman–Crippen MR) is 51.0 cm³/mol. The van der Waals surface area contributed by atoms with E-state index in [1.54, 1.807) is 24.3 Å². The molecule has 14 heavy (non-hydrogen) atoms. The first-order chi connectivity index (χ1) is 6.47. The lowest BCUT2D eigenvalue weighted by molar-refractivity contribution is -1.23. The van der Waals surface area contributed by atoms with E-state index < -0.39 is 4.81 Å². The molecule has 0 aliphatic rings. The number of quaternary nitrogens is 1. The summed E-state index contributed by atoms with van der Waals surface area (Å²) < 4.78 is 5.25. The molecule has 0 bridgehead atoms. The van der Waals surface area contributed by atoms with Crippen LogP contribution in [0.3, 0.4) is 0 Å². The van der Waals surface area contributed by atoms with Gasteiger partial charge in [0.05, 0.1) is 0 Å². The fraction of sp³-hybridized carbons (Fsp3) is 0.333. The highest BCUT2D eigenvalue weighted by Crippen LogP contribution is 2.12. The summed E-state index contributed by atoms with van der Waals surface area (Å²) in [5.41, 5.74) is 6.15. The molecular weight excluding hydrogens is 184 g/mol. The van der Waals surface area contributed by atoms with Crippen LogP contribution in [0.2, 0.25) is 0 Å². The molecule has 0 fully saturated rings. The van der Waals surface area contributed by atoms with Crippen molar-refractivity contribution >= 4 is 5.69 Å². The fourth-order valence-corrected chi connectivity index (χ4v) is 0.900. The minimum atomic E-state index is -1.09. The third-order valence-corrected chi connectivity index (χ3v) is 1.66. The molecule has 0 aromatic heterocycles. The lowest BCUT2D eigenvalue weighted by Gasteiger charge is -2.15. The van der Waals surface area contributed by atoms with Gasteiger partial charge in [-0.1, -0.05) is 0 Å². The van der Waals surface area contributed by atoms with Crippen LogP contribution in [0.5, 0.6) is 5.75 Å². The Labute approximate surface area is 82.4 Å². The first-order valence-electron chi connectivity index (χ1n) is 4.27. The van der Waals surface area contributed by atoms with Gasteiger partial charge in [-0.15, -0.1) is 0 Å². The first-order valence-corrected chi connectivity index (χ1v) is 4.27. The largest absolute Gasteiger partial charge is 0.487 e. The second kappa shape index (κ2) is 4.28. The second-order valence-corrected chi connectivity index (χ2v) is 3.23. The maximum atomic E-state index is 8.93. The average Bonchev–Trinajstić information content (AvgIpc) is 2.06. The molecular formula is C9H15N2O3+. The zero-order chi connectivity index (χ0) is 10.6. The van der Waals surface area contributed by atoms with E-state index in [0.29, 0.717) is 11.4 Å². The van der Waals surface area contributed by atoms with Crippen molar-refractivity contribution in [3.63, 3.8) is 0 Å². The summed E-state index contributed by atoms with van der Waals surface area (Å²) >= 11 is 0. The molecule has 0 radical (unpaired) electrons. The van der Waals surface area contributed by atoms with Crippen molar-refractivity contribution in [3.8, 4) is 5.75 Å². The number of benzene rings is 1. The van der Waals surface area contributed by atoms with Gasteiger partial charge < -0.3 is 10.5 Å². The highest BCUT2D eigenvalue weighted by Gasteiger charge is 2.13. The van der Waals surface area contributed by atoms with Crippen LogP contribution in [0.1, 0.15) is 0 Å². The van der Waals surface area contributed by atoms with Gasteiger partial charge in [-0.3, -0.25) is 0 Å². The summed E-state index contributed by atoms with van der Waals surface area (Å²) in [5.74, 6) is 0.660. The predicted octanol–water partition coefficient (Wildman–Crippen LogP) is 0.873. The number of nitrogen functional groups attached to an aromatic ring is 1. The standard InChI is InChI=1S/C9H15N2O3/c1-11(12,13)6-7-14-9-4-2-8(10)3-5-9/h2-5,12-13H,6-7,10H2,1H3/q+1. The van der Waals surface area contributed by atoms with E-state index in [9.17, 15) is 0 Å². The minimum absolute atomic E-state index is 0.102. The van der Waals surface area contributed by atoms with Crippen molar-refractivity contribution in [1.29, 1.82) is 0 Å². The van der Waals surface area contributed by atoms with Crippen molar-refractivity contribution in [2.75, 3.05) is 25.9 Å². The van der Waals surface area contributed by atoms with E-state index >= 15 is 0 Å². The number of hydroxylamine groups is 4. The van der Waals surface area contributed by atoms with Crippen LogP contribution >= 0.6 is 0 Å². The number of ether oxygens (including phenoxy) is 1. The van der Waals surface area contributed by atoms with E-state index in [1.807, 2.05) is 0 Å². The maximum Gasteiger partial charge on any atom is 0.175 e. The van der Waals surface area contributed by atoms with E-state index in [0.717, 1.165) is 0 Å². The number of nitrogens with zero attached hydrogens (tertiary/aromatic N) is 1. The summed E-state index contributed by atoms with van der Waals surface area (Å²) in [4.78, 5) is -1.09. The van der Waals surface area contributed by atoms with Gasteiger partial charge in [0.1, 0.15) is 19.4 Å². The zero-order valence-electron chi connectivity index (χ0n) is 8.05. The molecule has 0 saturated carbocycles. The van der Waals surface area contributed by atoms with Crippen LogP contribution in [-0.4, -0.2) is 35.4 Å². The van der Waals surface area contributed by atoms with Gasteiger partial charge in [0.15, 0.2) is 6.54 Å². The van der Waals surface area contributed by atoms with Crippen LogP contribution in [0.15, 0.2) is 24.3 Å². The molecule has 5 heteroatoms. The average molecular weight is 199 g/mol. The third-order valence-electron chi connectivity index (χ3n) is 1.66. The van der Waals surface area contributed by atoms with Gasteiger partial charge in [-0.25, -0.2) is 0 Å². The molecule has 0 atom stereocenters. The Kier molecular flexibility index (Phi) is 3.29. The Morgan fingerprint density at radius 1 is 1.29 bits per heavy atom. The number of rotatable bonds is 4. The molecule has 0 unspecified atom stereocenters. The monoisotopic (exact) mass is 199 g/mol. The molecule has 0 spiro atoms. The van der Waals surface area contributed by atoms with Gasteiger partial charge in [-0.05, 0) is 29.1 Å². The van der Waals surface area contributed by atoms with Crippen LogP contribution in [0.4, 0.5) is 5.69 Å². The van der Waals surface area contributed by atoms with Gasteiger partial charge in [0.25, 0.3) is 0 Å². The molecule has 1 rings (SSSR count). The van der Waals surface area contributed by atoms with Crippen LogP contribution < -0.4 is 10.5 Å². The Balaban J connectivity index is 2.35. The van der Waals surface area contributed by atoms with E-state index in [2.05, 4.69) is 0 Å². The van der Waals surface area contributed by atoms with Crippen LogP contribution in [-0.2, 0) is 0 Å². The van der Waals surface area contributed by atoms with Gasteiger partial charge >= 0.3 is 0 Å². The normalized spacial score (nSPS) is 11.4. The fourth-order valence-electron chi connectivity index (χ4n) is 0.900. The van der Waals surface area contributed by atoms with E-state index in [-0.39, 0.29) is 13.2 Å². The molecule has 1 aromatic carbocycles. The molecule has 0 saturated heterocycles. The van der Waals surface area contributed by atoms with Crippen molar-refractivity contribution < 1.29 is 20.0 Å². The number of hydrogen-bond donors (Lipinski definition) is 3. The smallest absolute Gasteiger partial charge is 0.175 e. The highest BCUT2D eigenvalue weighted by atomic mass is 16.8. The molecule has 4 N–H and O–H groups in total. The molecule has 5 nitrogen and oxygen atoms in total. The highest BCUT2D eigenvalue weighted by molar-refractivity contribution is 5.41.